The summed E-state index contributed by atoms with van der Waals surface area (Å²) in [5, 5.41) is 4.05. The number of carbonyl (C=O) groups is 1. The molecule has 4 rings (SSSR count). The SMILES string of the molecule is O=C(COc1ccccc1)NCc1nc2ccccc2n1Cc1c(Cl)cccc1Cl. The number of nitrogens with one attached hydrogen (secondary N) is 1. The Kier molecular flexibility index (Phi) is 6.21. The molecule has 7 heteroatoms. The molecule has 0 unspecified atom stereocenters. The molecule has 3 aromatic carbocycles. The molecule has 0 aliphatic carbocycles. The van der Waals surface area contributed by atoms with Crippen LogP contribution in [0.5, 0.6) is 5.75 Å². The van der Waals surface area contributed by atoms with E-state index in [0.29, 0.717) is 28.2 Å². The maximum Gasteiger partial charge on any atom is 0.258 e. The van der Waals surface area contributed by atoms with Crippen molar-refractivity contribution in [1.29, 1.82) is 0 Å². The van der Waals surface area contributed by atoms with Gasteiger partial charge in [0.1, 0.15) is 11.6 Å². The molecule has 152 valence electrons. The fourth-order valence-corrected chi connectivity index (χ4v) is 3.69. The minimum atomic E-state index is -0.228. The van der Waals surface area contributed by atoms with Crippen LogP contribution in [-0.4, -0.2) is 22.1 Å². The number of ether oxygens (including phenoxy) is 1. The predicted molar refractivity (Wildman–Crippen MR) is 119 cm³/mol. The van der Waals surface area contributed by atoms with Crippen LogP contribution >= 0.6 is 23.2 Å². The predicted octanol–water partition coefficient (Wildman–Crippen LogP) is 5.09. The van der Waals surface area contributed by atoms with Gasteiger partial charge in [-0.3, -0.25) is 4.79 Å². The number of fused-ring (bicyclic) bond motifs is 1. The Morgan fingerprint density at radius 3 is 2.40 bits per heavy atom. The van der Waals surface area contributed by atoms with Crippen LogP contribution in [-0.2, 0) is 17.9 Å². The van der Waals surface area contributed by atoms with E-state index in [1.807, 2.05) is 65.2 Å². The molecule has 1 aromatic heterocycles. The van der Waals surface area contributed by atoms with Crippen molar-refractivity contribution in [2.75, 3.05) is 6.61 Å². The first-order chi connectivity index (χ1) is 14.6. The van der Waals surface area contributed by atoms with Gasteiger partial charge in [-0.1, -0.05) is 59.6 Å². The summed E-state index contributed by atoms with van der Waals surface area (Å²) in [6.07, 6.45) is 0. The Labute approximate surface area is 184 Å². The zero-order chi connectivity index (χ0) is 20.9. The molecule has 0 saturated heterocycles. The fourth-order valence-electron chi connectivity index (χ4n) is 3.17. The smallest absolute Gasteiger partial charge is 0.258 e. The van der Waals surface area contributed by atoms with Gasteiger partial charge < -0.3 is 14.6 Å². The molecule has 1 N–H and O–H groups in total. The van der Waals surface area contributed by atoms with Gasteiger partial charge in [-0.25, -0.2) is 4.98 Å². The summed E-state index contributed by atoms with van der Waals surface area (Å²) in [6.45, 7) is 0.638. The van der Waals surface area contributed by atoms with E-state index in [1.54, 1.807) is 12.1 Å². The topological polar surface area (TPSA) is 56.1 Å². The summed E-state index contributed by atoms with van der Waals surface area (Å²) in [6, 6.07) is 22.4. The number of amides is 1. The van der Waals surface area contributed by atoms with Crippen LogP contribution in [0.4, 0.5) is 0 Å². The zero-order valence-corrected chi connectivity index (χ0v) is 17.5. The number of hydrogen-bond donors (Lipinski definition) is 1. The van der Waals surface area contributed by atoms with Gasteiger partial charge in [-0.2, -0.15) is 0 Å². The molecule has 0 radical (unpaired) electrons. The van der Waals surface area contributed by atoms with Crippen molar-refractivity contribution < 1.29 is 9.53 Å². The van der Waals surface area contributed by atoms with Gasteiger partial charge in [0.25, 0.3) is 5.91 Å². The van der Waals surface area contributed by atoms with E-state index in [2.05, 4.69) is 10.3 Å². The van der Waals surface area contributed by atoms with Gasteiger partial charge in [-0.05, 0) is 36.4 Å². The number of nitrogens with zero attached hydrogens (tertiary/aromatic N) is 2. The molecule has 5 nitrogen and oxygen atoms in total. The molecule has 1 amide bonds. The number of halogens is 2. The van der Waals surface area contributed by atoms with E-state index in [4.69, 9.17) is 27.9 Å². The number of para-hydroxylation sites is 3. The van der Waals surface area contributed by atoms with Crippen molar-refractivity contribution in [3.8, 4) is 5.75 Å². The maximum absolute atomic E-state index is 12.3. The molecule has 0 aliphatic rings. The second-order valence-electron chi connectivity index (χ2n) is 6.68. The molecule has 0 fully saturated rings. The summed E-state index contributed by atoms with van der Waals surface area (Å²) in [4.78, 5) is 16.9. The minimum absolute atomic E-state index is 0.0689. The number of benzene rings is 3. The first-order valence-corrected chi connectivity index (χ1v) is 10.2. The summed E-state index contributed by atoms with van der Waals surface area (Å²) >= 11 is 12.7. The Morgan fingerprint density at radius 1 is 0.933 bits per heavy atom. The van der Waals surface area contributed by atoms with Gasteiger partial charge in [0.05, 0.1) is 24.1 Å². The Hall–Kier alpha value is -3.02. The third-order valence-corrected chi connectivity index (χ3v) is 5.38. The lowest BCUT2D eigenvalue weighted by Crippen LogP contribution is -2.29. The normalized spacial score (nSPS) is 10.9. The van der Waals surface area contributed by atoms with Crippen molar-refractivity contribution in [2.45, 2.75) is 13.1 Å². The second-order valence-corrected chi connectivity index (χ2v) is 7.50. The average Bonchev–Trinajstić information content (AvgIpc) is 3.11. The Balaban J connectivity index is 1.52. The van der Waals surface area contributed by atoms with Crippen LogP contribution in [0.3, 0.4) is 0 Å². The summed E-state index contributed by atoms with van der Waals surface area (Å²) in [5.41, 5.74) is 2.59. The quantitative estimate of drug-likeness (QED) is 0.436. The number of aromatic nitrogens is 2. The van der Waals surface area contributed by atoms with Crippen molar-refractivity contribution >= 4 is 40.1 Å². The van der Waals surface area contributed by atoms with E-state index in [0.717, 1.165) is 16.6 Å². The summed E-state index contributed by atoms with van der Waals surface area (Å²) < 4.78 is 7.51. The van der Waals surface area contributed by atoms with E-state index < -0.39 is 0 Å². The lowest BCUT2D eigenvalue weighted by molar-refractivity contribution is -0.123. The van der Waals surface area contributed by atoms with Crippen molar-refractivity contribution in [3.05, 3.63) is 94.2 Å². The molecule has 0 bridgehead atoms. The molecule has 0 spiro atoms. The Bertz CT molecular complexity index is 1160. The highest BCUT2D eigenvalue weighted by atomic mass is 35.5. The van der Waals surface area contributed by atoms with Crippen molar-refractivity contribution in [1.82, 2.24) is 14.9 Å². The van der Waals surface area contributed by atoms with Gasteiger partial charge in [0, 0.05) is 15.6 Å². The first kappa shape index (κ1) is 20.3. The van der Waals surface area contributed by atoms with Crippen LogP contribution in [0.2, 0.25) is 10.0 Å². The Morgan fingerprint density at radius 2 is 1.63 bits per heavy atom. The average molecular weight is 440 g/mol. The third-order valence-electron chi connectivity index (χ3n) is 4.67. The van der Waals surface area contributed by atoms with E-state index in [1.165, 1.54) is 0 Å². The highest BCUT2D eigenvalue weighted by Crippen LogP contribution is 2.27. The van der Waals surface area contributed by atoms with E-state index in [9.17, 15) is 4.79 Å². The molecule has 30 heavy (non-hydrogen) atoms. The van der Waals surface area contributed by atoms with Gasteiger partial charge in [-0.15, -0.1) is 0 Å². The van der Waals surface area contributed by atoms with Crippen LogP contribution in [0, 0.1) is 0 Å². The lowest BCUT2D eigenvalue weighted by atomic mass is 10.2. The lowest BCUT2D eigenvalue weighted by Gasteiger charge is -2.13. The highest BCUT2D eigenvalue weighted by molar-refractivity contribution is 6.36. The minimum Gasteiger partial charge on any atom is -0.484 e. The molecule has 0 atom stereocenters. The van der Waals surface area contributed by atoms with Gasteiger partial charge in [0.2, 0.25) is 0 Å². The standard InChI is InChI=1S/C23H19Cl2N3O2/c24-18-9-6-10-19(25)17(18)14-28-21-12-5-4-11-20(21)27-22(28)13-26-23(29)15-30-16-7-2-1-3-8-16/h1-12H,13-15H2,(H,26,29). The van der Waals surface area contributed by atoms with Crippen molar-refractivity contribution in [2.24, 2.45) is 0 Å². The first-order valence-electron chi connectivity index (χ1n) is 9.43. The molecular formula is C23H19Cl2N3O2. The maximum atomic E-state index is 12.3. The van der Waals surface area contributed by atoms with E-state index in [-0.39, 0.29) is 19.1 Å². The zero-order valence-electron chi connectivity index (χ0n) is 16.0. The highest BCUT2D eigenvalue weighted by Gasteiger charge is 2.15. The van der Waals surface area contributed by atoms with Crippen LogP contribution in [0.1, 0.15) is 11.4 Å². The third kappa shape index (κ3) is 4.58. The number of carbonyl (C=O) groups excluding carboxylic acids is 1. The summed E-state index contributed by atoms with van der Waals surface area (Å²) in [5.74, 6) is 1.13. The molecule has 1 heterocycles. The monoisotopic (exact) mass is 439 g/mol. The number of hydrogen-bond acceptors (Lipinski definition) is 3. The summed E-state index contributed by atoms with van der Waals surface area (Å²) in [7, 11) is 0. The molecule has 0 saturated carbocycles. The number of imidazole rings is 1. The van der Waals surface area contributed by atoms with Crippen LogP contribution in [0.15, 0.2) is 72.8 Å². The van der Waals surface area contributed by atoms with Crippen molar-refractivity contribution in [3.63, 3.8) is 0 Å². The molecule has 4 aromatic rings. The number of rotatable bonds is 7. The van der Waals surface area contributed by atoms with Gasteiger partial charge >= 0.3 is 0 Å². The van der Waals surface area contributed by atoms with Crippen LogP contribution in [0.25, 0.3) is 11.0 Å². The van der Waals surface area contributed by atoms with Gasteiger partial charge in [0.15, 0.2) is 6.61 Å². The molecular weight excluding hydrogens is 421 g/mol. The van der Waals surface area contributed by atoms with E-state index >= 15 is 0 Å². The molecule has 0 aliphatic heterocycles. The largest absolute Gasteiger partial charge is 0.484 e. The van der Waals surface area contributed by atoms with Crippen LogP contribution < -0.4 is 10.1 Å². The second kappa shape index (κ2) is 9.20. The fraction of sp³-hybridized carbons (Fsp3) is 0.130.